The fourth-order valence-electron chi connectivity index (χ4n) is 1.13. The molecule has 0 nitrogen and oxygen atoms in total. The van der Waals surface area contributed by atoms with E-state index in [1.54, 1.807) is 0 Å². The van der Waals surface area contributed by atoms with Gasteiger partial charge in [-0.15, -0.1) is 9.24 Å². The molecule has 1 heteroatoms. The largest absolute Gasteiger partial charge is 0.137 e. The molecule has 0 saturated heterocycles. The Labute approximate surface area is 61.6 Å². The van der Waals surface area contributed by atoms with Gasteiger partial charge in [0.15, 0.2) is 0 Å². The van der Waals surface area contributed by atoms with Crippen LogP contribution in [0.15, 0.2) is 0 Å². The highest BCUT2D eigenvalue weighted by Gasteiger charge is 2.20. The minimum Gasteiger partial charge on any atom is -0.137 e. The molecule has 0 aliphatic heterocycles. The molecule has 0 radical (unpaired) electrons. The van der Waals surface area contributed by atoms with Crippen LogP contribution in [0, 0.1) is 11.3 Å². The van der Waals surface area contributed by atoms with E-state index in [1.165, 1.54) is 12.6 Å². The van der Waals surface area contributed by atoms with Crippen LogP contribution in [0.1, 0.15) is 34.1 Å². The van der Waals surface area contributed by atoms with E-state index in [9.17, 15) is 0 Å². The van der Waals surface area contributed by atoms with Crippen molar-refractivity contribution in [3.05, 3.63) is 0 Å². The van der Waals surface area contributed by atoms with Gasteiger partial charge in [0, 0.05) is 0 Å². The summed E-state index contributed by atoms with van der Waals surface area (Å²) in [5.74, 6) is 0.863. The summed E-state index contributed by atoms with van der Waals surface area (Å²) in [4.78, 5) is 0. The smallest absolute Gasteiger partial charge is 0.0333 e. The first-order valence-electron chi connectivity index (χ1n) is 3.72. The Morgan fingerprint density at radius 3 is 1.78 bits per heavy atom. The lowest BCUT2D eigenvalue weighted by molar-refractivity contribution is 0.259. The molecule has 0 heterocycles. The van der Waals surface area contributed by atoms with Crippen LogP contribution in [-0.2, 0) is 0 Å². The summed E-state index contributed by atoms with van der Waals surface area (Å²) in [6.07, 6.45) is 2.53. The quantitative estimate of drug-likeness (QED) is 0.525. The summed E-state index contributed by atoms with van der Waals surface area (Å²) in [5.41, 5.74) is 0.497. The van der Waals surface area contributed by atoms with Crippen molar-refractivity contribution in [1.82, 2.24) is 0 Å². The van der Waals surface area contributed by atoms with Gasteiger partial charge >= 0.3 is 0 Å². The first kappa shape index (κ1) is 9.43. The van der Waals surface area contributed by atoms with E-state index in [-0.39, 0.29) is 0 Å². The molecule has 0 saturated carbocycles. The van der Waals surface area contributed by atoms with Gasteiger partial charge in [-0.05, 0) is 17.5 Å². The second-order valence-corrected chi connectivity index (χ2v) is 4.18. The van der Waals surface area contributed by atoms with E-state index < -0.39 is 0 Å². The average molecular weight is 146 g/mol. The summed E-state index contributed by atoms with van der Waals surface area (Å²) in [7, 11) is 2.83. The van der Waals surface area contributed by atoms with Crippen LogP contribution in [0.4, 0.5) is 0 Å². The fraction of sp³-hybridized carbons (Fsp3) is 1.00. The van der Waals surface area contributed by atoms with Gasteiger partial charge in [0.1, 0.15) is 0 Å². The van der Waals surface area contributed by atoms with E-state index in [0.29, 0.717) is 5.41 Å². The minimum atomic E-state index is 0.497. The average Bonchev–Trinajstić information content (AvgIpc) is 1.65. The minimum absolute atomic E-state index is 0.497. The van der Waals surface area contributed by atoms with Gasteiger partial charge < -0.3 is 0 Å². The van der Waals surface area contributed by atoms with Crippen molar-refractivity contribution in [3.8, 4) is 0 Å². The van der Waals surface area contributed by atoms with Crippen molar-refractivity contribution in [2.45, 2.75) is 34.1 Å². The van der Waals surface area contributed by atoms with Gasteiger partial charge in [-0.3, -0.25) is 0 Å². The summed E-state index contributed by atoms with van der Waals surface area (Å²) in [6.45, 7) is 9.20. The Bertz CT molecular complexity index is 67.1. The van der Waals surface area contributed by atoms with Crippen LogP contribution in [0.25, 0.3) is 0 Å². The zero-order valence-corrected chi connectivity index (χ0v) is 8.22. The predicted octanol–water partition coefficient (Wildman–Crippen LogP) is 2.93. The number of hydrogen-bond acceptors (Lipinski definition) is 0. The van der Waals surface area contributed by atoms with Gasteiger partial charge in [-0.1, -0.05) is 34.1 Å². The second kappa shape index (κ2) is 3.56. The van der Waals surface area contributed by atoms with E-state index in [1.807, 2.05) is 0 Å². The third-order valence-electron chi connectivity index (χ3n) is 2.00. The van der Waals surface area contributed by atoms with Crippen LogP contribution in [0.3, 0.4) is 0 Å². The van der Waals surface area contributed by atoms with Gasteiger partial charge in [-0.25, -0.2) is 0 Å². The molecular weight excluding hydrogens is 127 g/mol. The zero-order chi connectivity index (χ0) is 7.49. The summed E-state index contributed by atoms with van der Waals surface area (Å²) < 4.78 is 0. The van der Waals surface area contributed by atoms with Crippen molar-refractivity contribution in [1.29, 1.82) is 0 Å². The van der Waals surface area contributed by atoms with E-state index in [0.717, 1.165) is 5.92 Å². The van der Waals surface area contributed by atoms with Crippen LogP contribution < -0.4 is 0 Å². The molecule has 0 aliphatic rings. The topological polar surface area (TPSA) is 0 Å². The summed E-state index contributed by atoms with van der Waals surface area (Å²) >= 11 is 0. The molecule has 2 atom stereocenters. The molecule has 9 heavy (non-hydrogen) atoms. The number of rotatable bonds is 2. The van der Waals surface area contributed by atoms with Crippen LogP contribution in [0.2, 0.25) is 0 Å². The van der Waals surface area contributed by atoms with Crippen molar-refractivity contribution in [2.75, 3.05) is 6.16 Å². The Morgan fingerprint density at radius 1 is 1.33 bits per heavy atom. The van der Waals surface area contributed by atoms with E-state index in [4.69, 9.17) is 0 Å². The fourth-order valence-corrected chi connectivity index (χ4v) is 2.17. The van der Waals surface area contributed by atoms with Gasteiger partial charge in [0.2, 0.25) is 0 Å². The SMILES string of the molecule is CCC(CP)C(C)(C)C. The second-order valence-electron chi connectivity index (χ2n) is 3.71. The standard InChI is InChI=1S/C8H19P/c1-5-7(6-9)8(2,3)4/h7H,5-6,9H2,1-4H3. The lowest BCUT2D eigenvalue weighted by atomic mass is 9.80. The van der Waals surface area contributed by atoms with Crippen LogP contribution in [-0.4, -0.2) is 6.16 Å². The molecule has 0 aromatic rings. The predicted molar refractivity (Wildman–Crippen MR) is 47.8 cm³/mol. The molecule has 0 spiro atoms. The molecule has 0 amide bonds. The highest BCUT2D eigenvalue weighted by molar-refractivity contribution is 7.16. The molecule has 0 N–H and O–H groups in total. The lowest BCUT2D eigenvalue weighted by Crippen LogP contribution is -2.20. The molecule has 0 aromatic heterocycles. The highest BCUT2D eigenvalue weighted by Crippen LogP contribution is 2.29. The maximum absolute atomic E-state index is 2.83. The summed E-state index contributed by atoms with van der Waals surface area (Å²) in [6, 6.07) is 0. The molecule has 0 fully saturated rings. The number of hydrogen-bond donors (Lipinski definition) is 0. The van der Waals surface area contributed by atoms with Crippen molar-refractivity contribution in [3.63, 3.8) is 0 Å². The maximum atomic E-state index is 2.83. The monoisotopic (exact) mass is 146 g/mol. The summed E-state index contributed by atoms with van der Waals surface area (Å²) in [5, 5.41) is 0. The normalized spacial score (nSPS) is 15.7. The highest BCUT2D eigenvalue weighted by atomic mass is 31.0. The molecular formula is C8H19P. The zero-order valence-electron chi connectivity index (χ0n) is 7.07. The molecule has 0 bridgehead atoms. The van der Waals surface area contributed by atoms with Crippen LogP contribution >= 0.6 is 9.24 Å². The van der Waals surface area contributed by atoms with Gasteiger partial charge in [-0.2, -0.15) is 0 Å². The molecule has 0 aliphatic carbocycles. The van der Waals surface area contributed by atoms with Crippen molar-refractivity contribution in [2.24, 2.45) is 11.3 Å². The van der Waals surface area contributed by atoms with E-state index in [2.05, 4.69) is 36.9 Å². The third kappa shape index (κ3) is 3.20. The van der Waals surface area contributed by atoms with Crippen molar-refractivity contribution < 1.29 is 0 Å². The van der Waals surface area contributed by atoms with Crippen molar-refractivity contribution >= 4 is 9.24 Å². The first-order chi connectivity index (χ1) is 4.02. The maximum Gasteiger partial charge on any atom is -0.0333 e. The van der Waals surface area contributed by atoms with E-state index >= 15 is 0 Å². The Kier molecular flexibility index (Phi) is 3.73. The first-order valence-corrected chi connectivity index (χ1v) is 4.54. The van der Waals surface area contributed by atoms with Crippen LogP contribution in [0.5, 0.6) is 0 Å². The molecule has 0 aromatic carbocycles. The Morgan fingerprint density at radius 2 is 1.78 bits per heavy atom. The van der Waals surface area contributed by atoms with Gasteiger partial charge in [0.25, 0.3) is 0 Å². The Hall–Kier alpha value is 0.430. The molecule has 56 valence electrons. The Balaban J connectivity index is 3.79. The molecule has 0 rings (SSSR count). The van der Waals surface area contributed by atoms with Gasteiger partial charge in [0.05, 0.1) is 0 Å². The third-order valence-corrected chi connectivity index (χ3v) is 2.57. The lowest BCUT2D eigenvalue weighted by Gasteiger charge is -2.28. The molecule has 2 unspecified atom stereocenters.